The molecule has 2 aromatic carbocycles. The molecule has 1 saturated carbocycles. The summed E-state index contributed by atoms with van der Waals surface area (Å²) in [4.78, 5) is 45.1. The van der Waals surface area contributed by atoms with Crippen molar-refractivity contribution < 1.29 is 19.4 Å². The number of urea groups is 2. The number of carbonyl (C=O) groups excluding carboxylic acids is 2. The number of hydrogen-bond acceptors (Lipinski definition) is 6. The first-order valence-corrected chi connectivity index (χ1v) is 9.96. The van der Waals surface area contributed by atoms with Crippen molar-refractivity contribution in [3.63, 3.8) is 0 Å². The normalized spacial score (nSPS) is 17.6. The van der Waals surface area contributed by atoms with Gasteiger partial charge in [0.25, 0.3) is 11.4 Å². The number of non-ortho nitro benzene ring substituents is 2. The van der Waals surface area contributed by atoms with Crippen LogP contribution < -0.4 is 21.3 Å². The Bertz CT molecular complexity index is 913. The van der Waals surface area contributed by atoms with E-state index in [4.69, 9.17) is 0 Å². The average molecular weight is 442 g/mol. The lowest BCUT2D eigenvalue weighted by Crippen LogP contribution is -2.54. The molecule has 2 unspecified atom stereocenters. The molecule has 168 valence electrons. The molecule has 4 N–H and O–H groups in total. The van der Waals surface area contributed by atoms with E-state index in [1.54, 1.807) is 0 Å². The number of anilines is 2. The Morgan fingerprint density at radius 1 is 0.688 bits per heavy atom. The van der Waals surface area contributed by atoms with Crippen LogP contribution in [-0.2, 0) is 0 Å². The minimum atomic E-state index is -0.524. The first kappa shape index (κ1) is 22.5. The first-order valence-electron chi connectivity index (χ1n) is 9.96. The molecule has 3 rings (SSSR count). The van der Waals surface area contributed by atoms with E-state index in [9.17, 15) is 29.8 Å². The molecule has 0 aliphatic heterocycles. The second kappa shape index (κ2) is 10.2. The highest BCUT2D eigenvalue weighted by molar-refractivity contribution is 5.91. The fourth-order valence-electron chi connectivity index (χ4n) is 3.48. The smallest absolute Gasteiger partial charge is 0.319 e. The van der Waals surface area contributed by atoms with Crippen LogP contribution in [-0.4, -0.2) is 34.0 Å². The monoisotopic (exact) mass is 442 g/mol. The summed E-state index contributed by atoms with van der Waals surface area (Å²) in [5.74, 6) is 0. The van der Waals surface area contributed by atoms with Crippen molar-refractivity contribution >= 4 is 34.8 Å². The number of nitro benzene ring substituents is 2. The number of benzene rings is 2. The van der Waals surface area contributed by atoms with E-state index in [0.717, 1.165) is 12.8 Å². The number of nitrogens with one attached hydrogen (secondary N) is 4. The van der Waals surface area contributed by atoms with Crippen LogP contribution >= 0.6 is 0 Å². The van der Waals surface area contributed by atoms with E-state index in [1.165, 1.54) is 48.5 Å². The van der Waals surface area contributed by atoms with E-state index in [2.05, 4.69) is 21.3 Å². The van der Waals surface area contributed by atoms with Crippen LogP contribution in [0.5, 0.6) is 0 Å². The quantitative estimate of drug-likeness (QED) is 0.392. The fourth-order valence-corrected chi connectivity index (χ4v) is 3.48. The zero-order chi connectivity index (χ0) is 23.1. The van der Waals surface area contributed by atoms with Crippen LogP contribution in [0.4, 0.5) is 32.3 Å². The van der Waals surface area contributed by atoms with Gasteiger partial charge < -0.3 is 21.3 Å². The van der Waals surface area contributed by atoms with Gasteiger partial charge in [0.15, 0.2) is 0 Å². The SMILES string of the molecule is O=C(Nc1ccc([N+](=O)[O-])cc1)NC1CCCCC1NC(=O)Nc1ccc([N+](=O)[O-])cc1. The third-order valence-corrected chi connectivity index (χ3v) is 5.07. The minimum Gasteiger partial charge on any atom is -0.333 e. The Balaban J connectivity index is 1.54. The van der Waals surface area contributed by atoms with Gasteiger partial charge in [-0.1, -0.05) is 12.8 Å². The van der Waals surface area contributed by atoms with Crippen molar-refractivity contribution in [2.45, 2.75) is 37.8 Å². The lowest BCUT2D eigenvalue weighted by Gasteiger charge is -2.32. The molecule has 0 saturated heterocycles. The summed E-state index contributed by atoms with van der Waals surface area (Å²) < 4.78 is 0. The third-order valence-electron chi connectivity index (χ3n) is 5.07. The second-order valence-electron chi connectivity index (χ2n) is 7.30. The number of nitrogens with zero attached hydrogens (tertiary/aromatic N) is 2. The van der Waals surface area contributed by atoms with Crippen molar-refractivity contribution in [1.82, 2.24) is 10.6 Å². The van der Waals surface area contributed by atoms with E-state index in [-0.39, 0.29) is 23.5 Å². The standard InChI is InChI=1S/C20H22N6O6/c27-19(21-13-5-9-15(10-6-13)25(29)30)23-17-3-1-2-4-18(17)24-20(28)22-14-7-11-16(12-8-14)26(31)32/h5-12,17-18H,1-4H2,(H2,21,23,27)(H2,22,24,28). The largest absolute Gasteiger partial charge is 0.333 e. The zero-order valence-electron chi connectivity index (χ0n) is 16.9. The highest BCUT2D eigenvalue weighted by atomic mass is 16.6. The summed E-state index contributed by atoms with van der Waals surface area (Å²) in [6, 6.07) is 9.37. The third kappa shape index (κ3) is 6.14. The van der Waals surface area contributed by atoms with Gasteiger partial charge in [-0.25, -0.2) is 9.59 Å². The van der Waals surface area contributed by atoms with Crippen molar-refractivity contribution in [2.75, 3.05) is 10.6 Å². The minimum absolute atomic E-state index is 0.0773. The van der Waals surface area contributed by atoms with E-state index in [1.807, 2.05) is 0 Å². The van der Waals surface area contributed by atoms with Crippen molar-refractivity contribution in [3.8, 4) is 0 Å². The van der Waals surface area contributed by atoms with Gasteiger partial charge in [0.2, 0.25) is 0 Å². The van der Waals surface area contributed by atoms with Crippen LogP contribution in [0.25, 0.3) is 0 Å². The van der Waals surface area contributed by atoms with E-state index in [0.29, 0.717) is 24.2 Å². The van der Waals surface area contributed by atoms with Crippen LogP contribution in [0.2, 0.25) is 0 Å². The fraction of sp³-hybridized carbons (Fsp3) is 0.300. The summed E-state index contributed by atoms with van der Waals surface area (Å²) in [5.41, 5.74) is 0.659. The maximum Gasteiger partial charge on any atom is 0.319 e. The van der Waals surface area contributed by atoms with Crippen molar-refractivity contribution in [1.29, 1.82) is 0 Å². The summed E-state index contributed by atoms with van der Waals surface area (Å²) in [6.07, 6.45) is 3.14. The maximum absolute atomic E-state index is 12.4. The molecule has 2 aromatic rings. The summed E-state index contributed by atoms with van der Waals surface area (Å²) >= 11 is 0. The van der Waals surface area contributed by atoms with E-state index < -0.39 is 21.9 Å². The molecule has 0 bridgehead atoms. The highest BCUT2D eigenvalue weighted by Gasteiger charge is 2.28. The molecule has 1 aliphatic rings. The van der Waals surface area contributed by atoms with Crippen LogP contribution in [0, 0.1) is 20.2 Å². The lowest BCUT2D eigenvalue weighted by atomic mass is 9.90. The zero-order valence-corrected chi connectivity index (χ0v) is 16.9. The molecule has 1 fully saturated rings. The molecule has 2 atom stereocenters. The Morgan fingerprint density at radius 2 is 1.03 bits per heavy atom. The predicted molar refractivity (Wildman–Crippen MR) is 117 cm³/mol. The van der Waals surface area contributed by atoms with Gasteiger partial charge in [-0.15, -0.1) is 0 Å². The number of carbonyl (C=O) groups is 2. The number of rotatable bonds is 6. The van der Waals surface area contributed by atoms with E-state index >= 15 is 0 Å². The van der Waals surface area contributed by atoms with Crippen LogP contribution in [0.15, 0.2) is 48.5 Å². The maximum atomic E-state index is 12.4. The Kier molecular flexibility index (Phi) is 7.16. The topological polar surface area (TPSA) is 169 Å². The number of hydrogen-bond donors (Lipinski definition) is 4. The summed E-state index contributed by atoms with van der Waals surface area (Å²) in [6.45, 7) is 0. The molecule has 0 aromatic heterocycles. The van der Waals surface area contributed by atoms with Crippen LogP contribution in [0.1, 0.15) is 25.7 Å². The van der Waals surface area contributed by atoms with Crippen LogP contribution in [0.3, 0.4) is 0 Å². The van der Waals surface area contributed by atoms with Gasteiger partial charge in [0.05, 0.1) is 21.9 Å². The highest BCUT2D eigenvalue weighted by Crippen LogP contribution is 2.20. The summed E-state index contributed by atoms with van der Waals surface area (Å²) in [5, 5.41) is 32.4. The van der Waals surface area contributed by atoms with Crippen molar-refractivity contribution in [2.24, 2.45) is 0 Å². The molecule has 0 heterocycles. The Morgan fingerprint density at radius 3 is 1.34 bits per heavy atom. The molecule has 32 heavy (non-hydrogen) atoms. The molecule has 1 aliphatic carbocycles. The molecular weight excluding hydrogens is 420 g/mol. The van der Waals surface area contributed by atoms with Crippen molar-refractivity contribution in [3.05, 3.63) is 68.8 Å². The molecule has 0 radical (unpaired) electrons. The first-order chi connectivity index (χ1) is 15.3. The Hall–Kier alpha value is -4.22. The van der Waals surface area contributed by atoms with Gasteiger partial charge in [-0.3, -0.25) is 20.2 Å². The van der Waals surface area contributed by atoms with Gasteiger partial charge in [0, 0.05) is 35.6 Å². The van der Waals surface area contributed by atoms with Gasteiger partial charge in [0.1, 0.15) is 0 Å². The molecular formula is C20H22N6O6. The molecule has 4 amide bonds. The predicted octanol–water partition coefficient (Wildman–Crippen LogP) is 3.76. The van der Waals surface area contributed by atoms with Gasteiger partial charge in [-0.05, 0) is 37.1 Å². The molecule has 12 heteroatoms. The summed E-state index contributed by atoms with van der Waals surface area (Å²) in [7, 11) is 0. The van der Waals surface area contributed by atoms with Gasteiger partial charge in [-0.2, -0.15) is 0 Å². The molecule has 0 spiro atoms. The second-order valence-corrected chi connectivity index (χ2v) is 7.30. The Labute approximate surface area is 182 Å². The van der Waals surface area contributed by atoms with Gasteiger partial charge >= 0.3 is 12.1 Å². The average Bonchev–Trinajstić information content (AvgIpc) is 2.76. The lowest BCUT2D eigenvalue weighted by molar-refractivity contribution is -0.385. The number of nitro groups is 2. The number of amides is 4. The molecule has 12 nitrogen and oxygen atoms in total.